The summed E-state index contributed by atoms with van der Waals surface area (Å²) in [6.07, 6.45) is 0.596. The van der Waals surface area contributed by atoms with E-state index in [0.29, 0.717) is 13.0 Å². The lowest BCUT2D eigenvalue weighted by Gasteiger charge is -2.26. The van der Waals surface area contributed by atoms with Crippen LogP contribution in [-0.4, -0.2) is 41.3 Å². The maximum absolute atomic E-state index is 12.1. The van der Waals surface area contributed by atoms with Gasteiger partial charge in [-0.1, -0.05) is 18.2 Å². The van der Waals surface area contributed by atoms with Gasteiger partial charge in [-0.25, -0.2) is 4.79 Å². The molecule has 20 heavy (non-hydrogen) atoms. The molecule has 1 unspecified atom stereocenters. The summed E-state index contributed by atoms with van der Waals surface area (Å²) < 4.78 is 0. The number of amides is 1. The van der Waals surface area contributed by atoms with Gasteiger partial charge in [-0.2, -0.15) is 0 Å². The molecule has 6 heteroatoms. The van der Waals surface area contributed by atoms with Gasteiger partial charge >= 0.3 is 5.97 Å². The van der Waals surface area contributed by atoms with Crippen LogP contribution in [0.4, 0.5) is 5.69 Å². The fraction of sp³-hybridized carbons (Fsp3) is 0.429. The molecule has 0 spiro atoms. The van der Waals surface area contributed by atoms with Gasteiger partial charge in [0.25, 0.3) is 0 Å². The first-order valence-corrected chi connectivity index (χ1v) is 6.57. The Morgan fingerprint density at radius 1 is 1.40 bits per heavy atom. The second kappa shape index (κ2) is 6.38. The number of rotatable bonds is 5. The zero-order valence-electron chi connectivity index (χ0n) is 11.0. The molecule has 1 amide bonds. The Morgan fingerprint density at radius 2 is 2.15 bits per heavy atom. The molecule has 2 atom stereocenters. The molecule has 0 saturated carbocycles. The van der Waals surface area contributed by atoms with Crippen molar-refractivity contribution in [3.63, 3.8) is 0 Å². The second-order valence-corrected chi connectivity index (χ2v) is 4.85. The van der Waals surface area contributed by atoms with Crippen LogP contribution in [-0.2, 0) is 16.0 Å². The van der Waals surface area contributed by atoms with E-state index in [1.807, 2.05) is 24.3 Å². The molecule has 4 N–H and O–H groups in total. The van der Waals surface area contributed by atoms with Crippen LogP contribution in [0.1, 0.15) is 12.0 Å². The average molecular weight is 278 g/mol. The van der Waals surface area contributed by atoms with Crippen LogP contribution < -0.4 is 10.6 Å². The summed E-state index contributed by atoms with van der Waals surface area (Å²) in [5, 5.41) is 23.4. The summed E-state index contributed by atoms with van der Waals surface area (Å²) in [6, 6.07) is 6.70. The number of carboxylic acid groups (broad SMARTS) is 1. The predicted molar refractivity (Wildman–Crippen MR) is 73.4 cm³/mol. The van der Waals surface area contributed by atoms with E-state index in [2.05, 4.69) is 10.6 Å². The summed E-state index contributed by atoms with van der Waals surface area (Å²) >= 11 is 0. The van der Waals surface area contributed by atoms with Crippen molar-refractivity contribution in [2.75, 3.05) is 18.5 Å². The zero-order chi connectivity index (χ0) is 14.5. The molecule has 0 aromatic heterocycles. The molecule has 1 aromatic rings. The standard InChI is InChI=1S/C14H18N2O4/c17-6-5-12(14(19)20)16-13(18)10-7-9-3-1-2-4-11(9)15-8-10/h1-4,10,12,15,17H,5-8H2,(H,16,18)(H,19,20)/t10?,12-/m1/s1. The van der Waals surface area contributed by atoms with E-state index in [9.17, 15) is 9.59 Å². The number of carboxylic acids is 1. The van der Waals surface area contributed by atoms with Crippen LogP contribution in [0, 0.1) is 5.92 Å². The zero-order valence-corrected chi connectivity index (χ0v) is 11.0. The van der Waals surface area contributed by atoms with Crippen molar-refractivity contribution < 1.29 is 19.8 Å². The maximum atomic E-state index is 12.1. The third-order valence-corrected chi connectivity index (χ3v) is 3.43. The van der Waals surface area contributed by atoms with Crippen LogP contribution >= 0.6 is 0 Å². The Kier molecular flexibility index (Phi) is 4.57. The topological polar surface area (TPSA) is 98.7 Å². The highest BCUT2D eigenvalue weighted by Crippen LogP contribution is 2.24. The van der Waals surface area contributed by atoms with E-state index >= 15 is 0 Å². The van der Waals surface area contributed by atoms with Gasteiger partial charge < -0.3 is 20.8 Å². The first-order chi connectivity index (χ1) is 9.61. The number of fused-ring (bicyclic) bond motifs is 1. The molecule has 108 valence electrons. The molecule has 0 bridgehead atoms. The lowest BCUT2D eigenvalue weighted by atomic mass is 9.93. The number of para-hydroxylation sites is 1. The minimum atomic E-state index is -1.13. The summed E-state index contributed by atoms with van der Waals surface area (Å²) in [6.45, 7) is 0.206. The molecule has 0 fully saturated rings. The van der Waals surface area contributed by atoms with E-state index in [1.54, 1.807) is 0 Å². The molecule has 0 radical (unpaired) electrons. The molecule has 0 aliphatic carbocycles. The summed E-state index contributed by atoms with van der Waals surface area (Å²) in [7, 11) is 0. The van der Waals surface area contributed by atoms with E-state index in [4.69, 9.17) is 10.2 Å². The largest absolute Gasteiger partial charge is 0.480 e. The quantitative estimate of drug-likeness (QED) is 0.617. The number of benzene rings is 1. The molecule has 6 nitrogen and oxygen atoms in total. The number of hydrogen-bond donors (Lipinski definition) is 4. The molecular formula is C14H18N2O4. The highest BCUT2D eigenvalue weighted by molar-refractivity contribution is 5.86. The van der Waals surface area contributed by atoms with Gasteiger partial charge in [0.05, 0.1) is 5.92 Å². The van der Waals surface area contributed by atoms with Gasteiger partial charge in [0.15, 0.2) is 0 Å². The molecule has 1 heterocycles. The van der Waals surface area contributed by atoms with Crippen molar-refractivity contribution >= 4 is 17.6 Å². The second-order valence-electron chi connectivity index (χ2n) is 4.85. The van der Waals surface area contributed by atoms with Gasteiger partial charge in [-0.3, -0.25) is 4.79 Å². The maximum Gasteiger partial charge on any atom is 0.326 e. The van der Waals surface area contributed by atoms with Crippen LogP contribution in [0.5, 0.6) is 0 Å². The molecule has 0 saturated heterocycles. The van der Waals surface area contributed by atoms with Gasteiger partial charge in [-0.15, -0.1) is 0 Å². The SMILES string of the molecule is O=C(N[C@H](CCO)C(=O)O)C1CNc2ccccc2C1. The lowest BCUT2D eigenvalue weighted by molar-refractivity contribution is -0.142. The fourth-order valence-electron chi connectivity index (χ4n) is 2.30. The summed E-state index contributed by atoms with van der Waals surface area (Å²) in [4.78, 5) is 23.1. The lowest BCUT2D eigenvalue weighted by Crippen LogP contribution is -2.46. The van der Waals surface area contributed by atoms with Gasteiger partial charge in [0, 0.05) is 25.3 Å². The van der Waals surface area contributed by atoms with Gasteiger partial charge in [0.2, 0.25) is 5.91 Å². The van der Waals surface area contributed by atoms with Crippen LogP contribution in [0.2, 0.25) is 0 Å². The summed E-state index contributed by atoms with van der Waals surface area (Å²) in [5.41, 5.74) is 2.06. The van der Waals surface area contributed by atoms with E-state index in [1.165, 1.54) is 0 Å². The van der Waals surface area contributed by atoms with Crippen LogP contribution in [0.25, 0.3) is 0 Å². The van der Waals surface area contributed by atoms with E-state index in [-0.39, 0.29) is 24.9 Å². The van der Waals surface area contributed by atoms with Crippen molar-refractivity contribution in [3.05, 3.63) is 29.8 Å². The number of nitrogens with one attached hydrogen (secondary N) is 2. The molecule has 1 aliphatic heterocycles. The minimum Gasteiger partial charge on any atom is -0.480 e. The normalized spacial score (nSPS) is 18.6. The third kappa shape index (κ3) is 3.27. The van der Waals surface area contributed by atoms with Crippen molar-refractivity contribution in [1.29, 1.82) is 0 Å². The first kappa shape index (κ1) is 14.3. The van der Waals surface area contributed by atoms with E-state index in [0.717, 1.165) is 11.3 Å². The molecule has 1 aromatic carbocycles. The Hall–Kier alpha value is -2.08. The Labute approximate surface area is 116 Å². The number of aliphatic hydroxyl groups excluding tert-OH is 1. The monoisotopic (exact) mass is 278 g/mol. The smallest absolute Gasteiger partial charge is 0.326 e. The Bertz CT molecular complexity index is 504. The average Bonchev–Trinajstić information content (AvgIpc) is 2.46. The van der Waals surface area contributed by atoms with E-state index < -0.39 is 12.0 Å². The Morgan fingerprint density at radius 3 is 2.85 bits per heavy atom. The van der Waals surface area contributed by atoms with Crippen LogP contribution in [0.3, 0.4) is 0 Å². The van der Waals surface area contributed by atoms with Crippen molar-refractivity contribution in [3.8, 4) is 0 Å². The number of carbonyl (C=O) groups is 2. The molecule has 1 aliphatic rings. The number of carbonyl (C=O) groups excluding carboxylic acids is 1. The van der Waals surface area contributed by atoms with Gasteiger partial charge in [-0.05, 0) is 18.1 Å². The van der Waals surface area contributed by atoms with Crippen molar-refractivity contribution in [2.45, 2.75) is 18.9 Å². The highest BCUT2D eigenvalue weighted by atomic mass is 16.4. The van der Waals surface area contributed by atoms with Crippen LogP contribution in [0.15, 0.2) is 24.3 Å². The first-order valence-electron chi connectivity index (χ1n) is 6.57. The Balaban J connectivity index is 1.99. The predicted octanol–water partition coefficient (Wildman–Crippen LogP) is 0.223. The number of aliphatic carboxylic acids is 1. The molecule has 2 rings (SSSR count). The van der Waals surface area contributed by atoms with Crippen molar-refractivity contribution in [2.24, 2.45) is 5.92 Å². The number of hydrogen-bond acceptors (Lipinski definition) is 4. The fourth-order valence-corrected chi connectivity index (χ4v) is 2.30. The van der Waals surface area contributed by atoms with Gasteiger partial charge in [0.1, 0.15) is 6.04 Å². The number of anilines is 1. The summed E-state index contributed by atoms with van der Waals surface area (Å²) in [5.74, 6) is -1.73. The third-order valence-electron chi connectivity index (χ3n) is 3.43. The highest BCUT2D eigenvalue weighted by Gasteiger charge is 2.27. The minimum absolute atomic E-state index is 0.0117. The number of aliphatic hydroxyl groups is 1. The molecular weight excluding hydrogens is 260 g/mol. The van der Waals surface area contributed by atoms with Crippen molar-refractivity contribution in [1.82, 2.24) is 5.32 Å².